The van der Waals surface area contributed by atoms with Crippen molar-refractivity contribution in [3.05, 3.63) is 47.4 Å². The molecule has 0 bridgehead atoms. The molecule has 0 aliphatic carbocycles. The highest BCUT2D eigenvalue weighted by Crippen LogP contribution is 2.26. The SMILES string of the molecule is CC(C)(C)c1ccnc(-c2ccnc(Cl)c2)c1. The van der Waals surface area contributed by atoms with Crippen LogP contribution in [-0.4, -0.2) is 9.97 Å². The Morgan fingerprint density at radius 1 is 1.00 bits per heavy atom. The van der Waals surface area contributed by atoms with Crippen molar-refractivity contribution in [3.63, 3.8) is 0 Å². The fraction of sp³-hybridized carbons (Fsp3) is 0.286. The van der Waals surface area contributed by atoms with Gasteiger partial charge in [-0.3, -0.25) is 4.98 Å². The number of hydrogen-bond acceptors (Lipinski definition) is 2. The quantitative estimate of drug-likeness (QED) is 0.708. The van der Waals surface area contributed by atoms with E-state index in [1.807, 2.05) is 24.4 Å². The second-order valence-corrected chi connectivity index (χ2v) is 5.43. The highest BCUT2D eigenvalue weighted by atomic mass is 35.5. The van der Waals surface area contributed by atoms with E-state index in [4.69, 9.17) is 11.6 Å². The topological polar surface area (TPSA) is 25.8 Å². The molecule has 0 amide bonds. The Balaban J connectivity index is 2.47. The lowest BCUT2D eigenvalue weighted by Crippen LogP contribution is -2.11. The number of halogens is 1. The summed E-state index contributed by atoms with van der Waals surface area (Å²) in [5.41, 5.74) is 3.31. The smallest absolute Gasteiger partial charge is 0.129 e. The summed E-state index contributed by atoms with van der Waals surface area (Å²) in [6.07, 6.45) is 3.54. The third kappa shape index (κ3) is 2.83. The van der Waals surface area contributed by atoms with E-state index >= 15 is 0 Å². The molecule has 2 nitrogen and oxygen atoms in total. The van der Waals surface area contributed by atoms with Gasteiger partial charge in [-0.05, 0) is 35.2 Å². The predicted octanol–water partition coefficient (Wildman–Crippen LogP) is 4.09. The van der Waals surface area contributed by atoms with Gasteiger partial charge in [0.2, 0.25) is 0 Å². The molecule has 0 aromatic carbocycles. The van der Waals surface area contributed by atoms with Crippen molar-refractivity contribution >= 4 is 11.6 Å². The molecule has 0 radical (unpaired) electrons. The first-order valence-electron chi connectivity index (χ1n) is 5.55. The molecule has 0 spiro atoms. The molecule has 3 heteroatoms. The van der Waals surface area contributed by atoms with Crippen molar-refractivity contribution in [3.8, 4) is 11.3 Å². The standard InChI is InChI=1S/C14H15ClN2/c1-14(2,3)11-5-7-16-12(9-11)10-4-6-17-13(15)8-10/h4-9H,1-3H3. The van der Waals surface area contributed by atoms with E-state index < -0.39 is 0 Å². The molecule has 2 rings (SSSR count). The molecule has 0 saturated carbocycles. The summed E-state index contributed by atoms with van der Waals surface area (Å²) in [6.45, 7) is 6.56. The van der Waals surface area contributed by atoms with E-state index in [0.29, 0.717) is 5.15 Å². The molecule has 0 saturated heterocycles. The molecular formula is C14H15ClN2. The second kappa shape index (κ2) is 4.46. The van der Waals surface area contributed by atoms with Crippen molar-refractivity contribution in [1.29, 1.82) is 0 Å². The van der Waals surface area contributed by atoms with Crippen molar-refractivity contribution in [2.75, 3.05) is 0 Å². The monoisotopic (exact) mass is 246 g/mol. The van der Waals surface area contributed by atoms with E-state index in [0.717, 1.165) is 11.3 Å². The van der Waals surface area contributed by atoms with Crippen LogP contribution in [0.3, 0.4) is 0 Å². The van der Waals surface area contributed by atoms with Crippen LogP contribution in [0.5, 0.6) is 0 Å². The Morgan fingerprint density at radius 2 is 1.71 bits per heavy atom. The lowest BCUT2D eigenvalue weighted by molar-refractivity contribution is 0.589. The van der Waals surface area contributed by atoms with E-state index in [1.165, 1.54) is 5.56 Å². The zero-order valence-corrected chi connectivity index (χ0v) is 11.0. The molecule has 0 aliphatic heterocycles. The van der Waals surface area contributed by atoms with Crippen LogP contribution in [0.25, 0.3) is 11.3 Å². The van der Waals surface area contributed by atoms with Gasteiger partial charge < -0.3 is 0 Å². The zero-order chi connectivity index (χ0) is 12.5. The van der Waals surface area contributed by atoms with Gasteiger partial charge in [-0.2, -0.15) is 0 Å². The molecule has 0 fully saturated rings. The summed E-state index contributed by atoms with van der Waals surface area (Å²) in [6, 6.07) is 7.90. The van der Waals surface area contributed by atoms with Crippen LogP contribution in [0.4, 0.5) is 0 Å². The summed E-state index contributed by atoms with van der Waals surface area (Å²) in [7, 11) is 0. The number of pyridine rings is 2. The summed E-state index contributed by atoms with van der Waals surface area (Å²) >= 11 is 5.89. The van der Waals surface area contributed by atoms with Gasteiger partial charge in [0, 0.05) is 18.0 Å². The number of aromatic nitrogens is 2. The Kier molecular flexibility index (Phi) is 3.16. The van der Waals surface area contributed by atoms with Crippen LogP contribution < -0.4 is 0 Å². The molecule has 0 aliphatic rings. The summed E-state index contributed by atoms with van der Waals surface area (Å²) in [4.78, 5) is 8.35. The first kappa shape index (κ1) is 12.1. The Morgan fingerprint density at radius 3 is 2.35 bits per heavy atom. The van der Waals surface area contributed by atoms with Gasteiger partial charge in [0.1, 0.15) is 5.15 Å². The van der Waals surface area contributed by atoms with E-state index in [9.17, 15) is 0 Å². The summed E-state index contributed by atoms with van der Waals surface area (Å²) in [5, 5.41) is 0.491. The number of hydrogen-bond donors (Lipinski definition) is 0. The van der Waals surface area contributed by atoms with Crippen molar-refractivity contribution in [2.45, 2.75) is 26.2 Å². The first-order valence-corrected chi connectivity index (χ1v) is 5.93. The minimum atomic E-state index is 0.120. The summed E-state index contributed by atoms with van der Waals surface area (Å²) < 4.78 is 0. The van der Waals surface area contributed by atoms with Crippen LogP contribution >= 0.6 is 11.6 Å². The lowest BCUT2D eigenvalue weighted by Gasteiger charge is -2.19. The Hall–Kier alpha value is -1.41. The third-order valence-electron chi connectivity index (χ3n) is 2.65. The zero-order valence-electron chi connectivity index (χ0n) is 10.2. The predicted molar refractivity (Wildman–Crippen MR) is 71.2 cm³/mol. The fourth-order valence-electron chi connectivity index (χ4n) is 1.62. The highest BCUT2D eigenvalue weighted by molar-refractivity contribution is 6.29. The van der Waals surface area contributed by atoms with Crippen molar-refractivity contribution in [1.82, 2.24) is 9.97 Å². The fourth-order valence-corrected chi connectivity index (χ4v) is 1.79. The van der Waals surface area contributed by atoms with Crippen LogP contribution in [0.1, 0.15) is 26.3 Å². The Bertz CT molecular complexity index is 530. The molecule has 17 heavy (non-hydrogen) atoms. The molecule has 2 aromatic heterocycles. The van der Waals surface area contributed by atoms with Crippen molar-refractivity contribution < 1.29 is 0 Å². The van der Waals surface area contributed by atoms with E-state index in [-0.39, 0.29) is 5.41 Å². The molecule has 0 N–H and O–H groups in total. The highest BCUT2D eigenvalue weighted by Gasteiger charge is 2.14. The average Bonchev–Trinajstić information content (AvgIpc) is 2.28. The number of rotatable bonds is 1. The molecule has 2 aromatic rings. The molecule has 0 unspecified atom stereocenters. The van der Waals surface area contributed by atoms with E-state index in [2.05, 4.69) is 36.8 Å². The second-order valence-electron chi connectivity index (χ2n) is 5.05. The van der Waals surface area contributed by atoms with Crippen LogP contribution in [0, 0.1) is 0 Å². The summed E-state index contributed by atoms with van der Waals surface area (Å²) in [5.74, 6) is 0. The molecule has 0 atom stereocenters. The van der Waals surface area contributed by atoms with Crippen LogP contribution in [-0.2, 0) is 5.41 Å². The molecule has 88 valence electrons. The first-order chi connectivity index (χ1) is 7.97. The van der Waals surface area contributed by atoms with Crippen LogP contribution in [0.15, 0.2) is 36.7 Å². The third-order valence-corrected chi connectivity index (χ3v) is 2.85. The van der Waals surface area contributed by atoms with Gasteiger partial charge in [0.05, 0.1) is 5.69 Å². The van der Waals surface area contributed by atoms with Gasteiger partial charge in [-0.15, -0.1) is 0 Å². The normalized spacial score (nSPS) is 11.5. The average molecular weight is 247 g/mol. The lowest BCUT2D eigenvalue weighted by atomic mass is 9.87. The van der Waals surface area contributed by atoms with Gasteiger partial charge in [0.25, 0.3) is 0 Å². The van der Waals surface area contributed by atoms with Crippen molar-refractivity contribution in [2.24, 2.45) is 0 Å². The maximum absolute atomic E-state index is 5.89. The Labute approximate surface area is 107 Å². The minimum Gasteiger partial charge on any atom is -0.256 e. The van der Waals surface area contributed by atoms with Crippen LogP contribution in [0.2, 0.25) is 5.15 Å². The van der Waals surface area contributed by atoms with E-state index in [1.54, 1.807) is 6.20 Å². The maximum Gasteiger partial charge on any atom is 0.129 e. The largest absolute Gasteiger partial charge is 0.256 e. The minimum absolute atomic E-state index is 0.120. The van der Waals surface area contributed by atoms with Gasteiger partial charge >= 0.3 is 0 Å². The number of nitrogens with zero attached hydrogens (tertiary/aromatic N) is 2. The van der Waals surface area contributed by atoms with Gasteiger partial charge in [-0.25, -0.2) is 4.98 Å². The maximum atomic E-state index is 5.89. The molecular weight excluding hydrogens is 232 g/mol. The molecule has 2 heterocycles. The van der Waals surface area contributed by atoms with Gasteiger partial charge in [0.15, 0.2) is 0 Å². The van der Waals surface area contributed by atoms with Gasteiger partial charge in [-0.1, -0.05) is 32.4 Å².